The Morgan fingerprint density at radius 2 is 1.73 bits per heavy atom. The number of fused-ring (bicyclic) bond motifs is 2. The Hall–Kier alpha value is -1.97. The van der Waals surface area contributed by atoms with Crippen LogP contribution in [0.15, 0.2) is 11.6 Å². The third kappa shape index (κ3) is 2.61. The summed E-state index contributed by atoms with van der Waals surface area (Å²) in [6.45, 7) is 7.62. The average Bonchev–Trinajstić information content (AvgIpc) is 3.42. The van der Waals surface area contributed by atoms with E-state index in [1.165, 1.54) is 20.8 Å². The number of epoxide rings is 1. The van der Waals surface area contributed by atoms with Gasteiger partial charge < -0.3 is 28.8 Å². The van der Waals surface area contributed by atoms with E-state index in [4.69, 9.17) is 23.7 Å². The Balaban J connectivity index is 1.87. The number of hydrogen-bond acceptors (Lipinski definition) is 9. The molecule has 30 heavy (non-hydrogen) atoms. The van der Waals surface area contributed by atoms with Crippen molar-refractivity contribution in [1.29, 1.82) is 0 Å². The van der Waals surface area contributed by atoms with Gasteiger partial charge in [-0.05, 0) is 18.9 Å². The molecule has 0 radical (unpaired) electrons. The Labute approximate surface area is 174 Å². The maximum Gasteiger partial charge on any atom is 0.303 e. The van der Waals surface area contributed by atoms with Gasteiger partial charge in [0.05, 0.1) is 24.7 Å². The van der Waals surface area contributed by atoms with Crippen LogP contribution in [0.4, 0.5) is 0 Å². The van der Waals surface area contributed by atoms with E-state index in [1.54, 1.807) is 0 Å². The number of rotatable bonds is 4. The molecule has 0 aromatic heterocycles. The normalized spacial score (nSPS) is 45.9. The summed E-state index contributed by atoms with van der Waals surface area (Å²) in [5.41, 5.74) is -2.02. The molecule has 9 nitrogen and oxygen atoms in total. The highest BCUT2D eigenvalue weighted by Gasteiger charge is 2.86. The van der Waals surface area contributed by atoms with Gasteiger partial charge in [-0.15, -0.1) is 0 Å². The molecule has 4 rings (SSSR count). The van der Waals surface area contributed by atoms with E-state index < -0.39 is 64.9 Å². The van der Waals surface area contributed by atoms with Crippen molar-refractivity contribution >= 4 is 17.9 Å². The molecule has 1 saturated carbocycles. The average molecular weight is 424 g/mol. The largest absolute Gasteiger partial charge is 0.458 e. The van der Waals surface area contributed by atoms with Gasteiger partial charge in [-0.1, -0.05) is 13.0 Å². The van der Waals surface area contributed by atoms with Crippen molar-refractivity contribution < 1.29 is 43.2 Å². The minimum atomic E-state index is -0.991. The maximum atomic E-state index is 12.0. The van der Waals surface area contributed by atoms with Gasteiger partial charge in [0.2, 0.25) is 0 Å². The zero-order valence-electron chi connectivity index (χ0n) is 17.8. The molecule has 0 unspecified atom stereocenters. The summed E-state index contributed by atoms with van der Waals surface area (Å²) in [6, 6.07) is 0. The molecular weight excluding hydrogens is 396 g/mol. The molecule has 0 aromatic carbocycles. The fraction of sp³-hybridized carbons (Fsp3) is 0.762. The molecule has 1 N–H and O–H groups in total. The molecule has 3 fully saturated rings. The van der Waals surface area contributed by atoms with E-state index in [0.717, 1.165) is 5.57 Å². The monoisotopic (exact) mass is 424 g/mol. The van der Waals surface area contributed by atoms with E-state index >= 15 is 0 Å². The number of carbonyl (C=O) groups is 3. The summed E-state index contributed by atoms with van der Waals surface area (Å²) in [5.74, 6) is -1.50. The lowest BCUT2D eigenvalue weighted by atomic mass is 9.51. The highest BCUT2D eigenvalue weighted by Crippen LogP contribution is 2.72. The number of hydrogen-bond donors (Lipinski definition) is 1. The SMILES string of the molecule is CC(=O)O[C@@H]1[C@@H](OC(C)=O)[C@]2(C)[C@@]3(CO)C[C@H](OC(C)=O)C(C)=C[C@H]3O[C@H]1[C@@]21CO1. The summed E-state index contributed by atoms with van der Waals surface area (Å²) in [6.07, 6.45) is -1.46. The van der Waals surface area contributed by atoms with Crippen molar-refractivity contribution in [2.24, 2.45) is 10.8 Å². The highest BCUT2D eigenvalue weighted by atomic mass is 16.7. The van der Waals surface area contributed by atoms with Crippen molar-refractivity contribution in [1.82, 2.24) is 0 Å². The van der Waals surface area contributed by atoms with Gasteiger partial charge >= 0.3 is 17.9 Å². The highest BCUT2D eigenvalue weighted by molar-refractivity contribution is 5.68. The lowest BCUT2D eigenvalue weighted by Crippen LogP contribution is -2.67. The van der Waals surface area contributed by atoms with Gasteiger partial charge in [0.15, 0.2) is 12.2 Å². The first-order chi connectivity index (χ1) is 14.0. The molecule has 0 aromatic rings. The lowest BCUT2D eigenvalue weighted by molar-refractivity contribution is -0.237. The van der Waals surface area contributed by atoms with Gasteiger partial charge in [-0.25, -0.2) is 0 Å². The Morgan fingerprint density at radius 3 is 2.23 bits per heavy atom. The summed E-state index contributed by atoms with van der Waals surface area (Å²) < 4.78 is 29.1. The standard InChI is InChI=1S/C21H28O9/c1-10-6-15-20(8-22,7-14(10)27-11(2)23)19(5)17(29-13(4)25)16(28-12(3)24)18(30-15)21(19)9-26-21/h6,14-18,22H,7-9H2,1-5H3/t14-,15+,16+,17+,18+,19+,20+,21-/m0/s1. The van der Waals surface area contributed by atoms with Crippen molar-refractivity contribution in [2.45, 2.75) is 77.2 Å². The van der Waals surface area contributed by atoms with Gasteiger partial charge in [0, 0.05) is 26.2 Å². The second kappa shape index (κ2) is 6.77. The third-order valence-corrected chi connectivity index (χ3v) is 7.49. The van der Waals surface area contributed by atoms with Crippen molar-refractivity contribution in [2.75, 3.05) is 13.2 Å². The number of aliphatic hydroxyl groups is 1. The molecule has 9 heteroatoms. The molecule has 2 aliphatic heterocycles. The van der Waals surface area contributed by atoms with Gasteiger partial charge in [0.1, 0.15) is 17.8 Å². The van der Waals surface area contributed by atoms with Crippen LogP contribution in [-0.2, 0) is 38.1 Å². The lowest BCUT2D eigenvalue weighted by Gasteiger charge is -2.58. The zero-order valence-corrected chi connectivity index (χ0v) is 17.8. The smallest absolute Gasteiger partial charge is 0.303 e. The molecule has 166 valence electrons. The fourth-order valence-electron chi connectivity index (χ4n) is 6.00. The van der Waals surface area contributed by atoms with Crippen LogP contribution < -0.4 is 0 Å². The Kier molecular flexibility index (Phi) is 4.80. The summed E-state index contributed by atoms with van der Waals surface area (Å²) in [4.78, 5) is 35.6. The summed E-state index contributed by atoms with van der Waals surface area (Å²) in [7, 11) is 0. The molecule has 2 heterocycles. The van der Waals surface area contributed by atoms with Crippen molar-refractivity contribution in [3.63, 3.8) is 0 Å². The molecule has 4 aliphatic rings. The van der Waals surface area contributed by atoms with Crippen LogP contribution in [0.1, 0.15) is 41.0 Å². The van der Waals surface area contributed by atoms with Crippen LogP contribution in [0, 0.1) is 10.8 Å². The quantitative estimate of drug-likeness (QED) is 0.300. The van der Waals surface area contributed by atoms with Crippen LogP contribution in [0.5, 0.6) is 0 Å². The first-order valence-electron chi connectivity index (χ1n) is 10.1. The minimum Gasteiger partial charge on any atom is -0.458 e. The van der Waals surface area contributed by atoms with Crippen LogP contribution in [0.3, 0.4) is 0 Å². The van der Waals surface area contributed by atoms with Gasteiger partial charge in [0.25, 0.3) is 0 Å². The Morgan fingerprint density at radius 1 is 1.13 bits per heavy atom. The third-order valence-electron chi connectivity index (χ3n) is 7.49. The fourth-order valence-corrected chi connectivity index (χ4v) is 6.00. The van der Waals surface area contributed by atoms with E-state index in [9.17, 15) is 19.5 Å². The molecule has 8 atom stereocenters. The van der Waals surface area contributed by atoms with E-state index in [2.05, 4.69) is 0 Å². The van der Waals surface area contributed by atoms with Crippen molar-refractivity contribution in [3.05, 3.63) is 11.6 Å². The number of aliphatic hydroxyl groups excluding tert-OH is 1. The first-order valence-corrected chi connectivity index (χ1v) is 10.1. The molecule has 1 spiro atoms. The number of esters is 3. The zero-order chi connectivity index (χ0) is 22.1. The van der Waals surface area contributed by atoms with Gasteiger partial charge in [-0.2, -0.15) is 0 Å². The second-order valence-corrected chi connectivity index (χ2v) is 8.99. The number of carbonyl (C=O) groups excluding carboxylic acids is 3. The van der Waals surface area contributed by atoms with Crippen molar-refractivity contribution in [3.8, 4) is 0 Å². The van der Waals surface area contributed by atoms with E-state index in [0.29, 0.717) is 6.61 Å². The molecule has 2 saturated heterocycles. The minimum absolute atomic E-state index is 0.259. The van der Waals surface area contributed by atoms with Crippen LogP contribution >= 0.6 is 0 Å². The molecule has 2 bridgehead atoms. The Bertz CT molecular complexity index is 815. The second-order valence-electron chi connectivity index (χ2n) is 8.99. The van der Waals surface area contributed by atoms with E-state index in [-0.39, 0.29) is 13.0 Å². The molecular formula is C21H28O9. The topological polar surface area (TPSA) is 121 Å². The van der Waals surface area contributed by atoms with E-state index in [1.807, 2.05) is 19.9 Å². The molecule has 2 aliphatic carbocycles. The summed E-state index contributed by atoms with van der Waals surface area (Å²) in [5, 5.41) is 10.7. The van der Waals surface area contributed by atoms with Gasteiger partial charge in [-0.3, -0.25) is 14.4 Å². The first kappa shape index (κ1) is 21.3. The van der Waals surface area contributed by atoms with Crippen LogP contribution in [0.2, 0.25) is 0 Å². The van der Waals surface area contributed by atoms with Crippen LogP contribution in [-0.4, -0.2) is 72.3 Å². The number of ether oxygens (including phenoxy) is 5. The predicted octanol–water partition coefficient (Wildman–Crippen LogP) is 0.666. The maximum absolute atomic E-state index is 12.0. The summed E-state index contributed by atoms with van der Waals surface area (Å²) >= 11 is 0. The molecule has 0 amide bonds. The van der Waals surface area contributed by atoms with Crippen LogP contribution in [0.25, 0.3) is 0 Å². The predicted molar refractivity (Wildman–Crippen MR) is 100 cm³/mol.